The number of aromatic nitrogens is 4. The van der Waals surface area contributed by atoms with Crippen molar-refractivity contribution in [3.63, 3.8) is 0 Å². The summed E-state index contributed by atoms with van der Waals surface area (Å²) in [4.78, 5) is 16.7. The van der Waals surface area contributed by atoms with Crippen molar-refractivity contribution in [1.82, 2.24) is 25.7 Å². The highest BCUT2D eigenvalue weighted by molar-refractivity contribution is 6.33. The third-order valence-electron chi connectivity index (χ3n) is 5.37. The monoisotopic (exact) mass is 494 g/mol. The van der Waals surface area contributed by atoms with Crippen LogP contribution in [-0.2, 0) is 4.79 Å². The minimum absolute atomic E-state index is 0. The molecule has 0 aliphatic carbocycles. The molecule has 1 amide bonds. The van der Waals surface area contributed by atoms with E-state index in [0.29, 0.717) is 23.2 Å². The Labute approximate surface area is 201 Å². The summed E-state index contributed by atoms with van der Waals surface area (Å²) in [6.07, 6.45) is 3.17. The second kappa shape index (κ2) is 10.3. The van der Waals surface area contributed by atoms with Crippen LogP contribution in [0.25, 0.3) is 33.4 Å². The molecular formula is C21H21Cl3N6O2. The number of H-pyrrole nitrogens is 1. The van der Waals surface area contributed by atoms with Gasteiger partial charge in [0, 0.05) is 28.1 Å². The average Bonchev–Trinajstić information content (AvgIpc) is 3.45. The van der Waals surface area contributed by atoms with E-state index in [1.165, 1.54) is 6.39 Å². The third-order valence-corrected chi connectivity index (χ3v) is 5.70. The van der Waals surface area contributed by atoms with Crippen LogP contribution in [0, 0.1) is 5.92 Å². The van der Waals surface area contributed by atoms with Gasteiger partial charge in [0.2, 0.25) is 18.1 Å². The van der Waals surface area contributed by atoms with Gasteiger partial charge in [-0.25, -0.2) is 0 Å². The molecule has 2 aromatic carbocycles. The van der Waals surface area contributed by atoms with Crippen LogP contribution in [0.3, 0.4) is 0 Å². The maximum absolute atomic E-state index is 12.6. The maximum atomic E-state index is 12.6. The van der Waals surface area contributed by atoms with E-state index in [1.807, 2.05) is 30.3 Å². The Morgan fingerprint density at radius 2 is 2.00 bits per heavy atom. The van der Waals surface area contributed by atoms with Crippen LogP contribution in [0.4, 0.5) is 5.82 Å². The molecule has 0 radical (unpaired) electrons. The van der Waals surface area contributed by atoms with Gasteiger partial charge in [0.15, 0.2) is 5.82 Å². The highest BCUT2D eigenvalue weighted by Crippen LogP contribution is 2.34. The lowest BCUT2D eigenvalue weighted by atomic mass is 9.98. The summed E-state index contributed by atoms with van der Waals surface area (Å²) in [6, 6.07) is 11.4. The third kappa shape index (κ3) is 4.73. The van der Waals surface area contributed by atoms with Crippen molar-refractivity contribution in [1.29, 1.82) is 0 Å². The average molecular weight is 496 g/mol. The largest absolute Gasteiger partial charge is 0.342 e. The second-order valence-electron chi connectivity index (χ2n) is 7.31. The quantitative estimate of drug-likeness (QED) is 0.378. The smallest absolute Gasteiger partial charge is 0.229 e. The molecule has 32 heavy (non-hydrogen) atoms. The predicted molar refractivity (Wildman–Crippen MR) is 129 cm³/mol. The molecule has 11 heteroatoms. The van der Waals surface area contributed by atoms with E-state index in [9.17, 15) is 4.79 Å². The van der Waals surface area contributed by atoms with Gasteiger partial charge >= 0.3 is 0 Å². The van der Waals surface area contributed by atoms with Crippen molar-refractivity contribution in [2.45, 2.75) is 12.8 Å². The fourth-order valence-electron chi connectivity index (χ4n) is 3.75. The van der Waals surface area contributed by atoms with Crippen molar-refractivity contribution >= 4 is 59.0 Å². The normalized spacial score (nSPS) is 15.6. The first-order chi connectivity index (χ1) is 14.7. The van der Waals surface area contributed by atoms with E-state index in [-0.39, 0.29) is 36.6 Å². The molecular weight excluding hydrogens is 475 g/mol. The van der Waals surface area contributed by atoms with Gasteiger partial charge in [-0.3, -0.25) is 9.89 Å². The highest BCUT2D eigenvalue weighted by Gasteiger charge is 2.22. The number of rotatable bonds is 4. The van der Waals surface area contributed by atoms with E-state index >= 15 is 0 Å². The molecule has 0 saturated carbocycles. The molecule has 0 unspecified atom stereocenters. The Hall–Kier alpha value is -2.65. The lowest BCUT2D eigenvalue weighted by molar-refractivity contribution is -0.120. The molecule has 1 atom stereocenters. The molecule has 5 rings (SSSR count). The van der Waals surface area contributed by atoms with Gasteiger partial charge in [0.1, 0.15) is 0 Å². The van der Waals surface area contributed by atoms with Crippen molar-refractivity contribution in [3.05, 3.63) is 47.8 Å². The molecule has 1 fully saturated rings. The van der Waals surface area contributed by atoms with E-state index in [1.54, 1.807) is 6.07 Å². The fourth-order valence-corrected chi connectivity index (χ4v) is 3.98. The van der Waals surface area contributed by atoms with Crippen LogP contribution in [0.15, 0.2) is 47.3 Å². The number of amides is 1. The molecule has 1 aliphatic heterocycles. The molecule has 168 valence electrons. The van der Waals surface area contributed by atoms with Crippen LogP contribution < -0.4 is 10.6 Å². The first kappa shape index (κ1) is 24.0. The Morgan fingerprint density at radius 3 is 2.75 bits per heavy atom. The van der Waals surface area contributed by atoms with Crippen molar-refractivity contribution in [3.8, 4) is 22.5 Å². The molecule has 0 bridgehead atoms. The SMILES string of the molecule is Cl.Cl.O=C(Nc1n[nH]c2ccc(-c3cc(-c4ncon4)ccc3Cl)cc12)[C@@H]1CCCNC1. The molecule has 2 aromatic heterocycles. The van der Waals surface area contributed by atoms with Gasteiger partial charge in [0.05, 0.1) is 11.4 Å². The zero-order chi connectivity index (χ0) is 20.5. The summed E-state index contributed by atoms with van der Waals surface area (Å²) >= 11 is 6.48. The fraction of sp³-hybridized carbons (Fsp3) is 0.238. The summed E-state index contributed by atoms with van der Waals surface area (Å²) in [5.74, 6) is 0.951. The topological polar surface area (TPSA) is 109 Å². The molecule has 1 aliphatic rings. The number of carbonyl (C=O) groups is 1. The number of halogens is 3. The van der Waals surface area contributed by atoms with Crippen LogP contribution in [0.1, 0.15) is 12.8 Å². The lowest BCUT2D eigenvalue weighted by Crippen LogP contribution is -2.37. The molecule has 3 N–H and O–H groups in total. The van der Waals surface area contributed by atoms with E-state index in [4.69, 9.17) is 16.1 Å². The summed E-state index contributed by atoms with van der Waals surface area (Å²) in [5, 5.41) is 18.8. The van der Waals surface area contributed by atoms with Gasteiger partial charge in [0.25, 0.3) is 0 Å². The Bertz CT molecular complexity index is 1210. The van der Waals surface area contributed by atoms with Crippen molar-refractivity contribution < 1.29 is 9.32 Å². The van der Waals surface area contributed by atoms with Gasteiger partial charge < -0.3 is 15.2 Å². The summed E-state index contributed by atoms with van der Waals surface area (Å²) in [5.41, 5.74) is 3.36. The predicted octanol–water partition coefficient (Wildman–Crippen LogP) is 4.72. The highest BCUT2D eigenvalue weighted by atomic mass is 35.5. The van der Waals surface area contributed by atoms with E-state index < -0.39 is 0 Å². The number of hydrogen-bond acceptors (Lipinski definition) is 6. The Morgan fingerprint density at radius 1 is 1.16 bits per heavy atom. The maximum Gasteiger partial charge on any atom is 0.229 e. The Balaban J connectivity index is 0.00000144. The minimum atomic E-state index is -0.0465. The number of nitrogens with one attached hydrogen (secondary N) is 3. The number of aromatic amines is 1. The zero-order valence-electron chi connectivity index (χ0n) is 16.8. The molecule has 8 nitrogen and oxygen atoms in total. The number of carbonyl (C=O) groups excluding carboxylic acids is 1. The molecule has 3 heterocycles. The second-order valence-corrected chi connectivity index (χ2v) is 7.72. The zero-order valence-corrected chi connectivity index (χ0v) is 19.2. The van der Waals surface area contributed by atoms with Crippen LogP contribution in [0.2, 0.25) is 5.02 Å². The van der Waals surface area contributed by atoms with E-state index in [0.717, 1.165) is 47.0 Å². The Kier molecular flexibility index (Phi) is 7.73. The summed E-state index contributed by atoms with van der Waals surface area (Å²) < 4.78 is 4.84. The number of piperidine rings is 1. The molecule has 1 saturated heterocycles. The van der Waals surface area contributed by atoms with Gasteiger partial charge in [-0.2, -0.15) is 10.1 Å². The number of hydrogen-bond donors (Lipinski definition) is 3. The number of fused-ring (bicyclic) bond motifs is 1. The molecule has 0 spiro atoms. The van der Waals surface area contributed by atoms with Crippen LogP contribution in [-0.4, -0.2) is 39.3 Å². The van der Waals surface area contributed by atoms with Crippen LogP contribution >= 0.6 is 36.4 Å². The van der Waals surface area contributed by atoms with Gasteiger partial charge in [-0.05, 0) is 55.3 Å². The van der Waals surface area contributed by atoms with Crippen molar-refractivity contribution in [2.24, 2.45) is 5.92 Å². The van der Waals surface area contributed by atoms with Gasteiger partial charge in [-0.1, -0.05) is 22.8 Å². The van der Waals surface area contributed by atoms with Gasteiger partial charge in [-0.15, -0.1) is 24.8 Å². The van der Waals surface area contributed by atoms with Crippen molar-refractivity contribution in [2.75, 3.05) is 18.4 Å². The molecule has 4 aromatic rings. The minimum Gasteiger partial charge on any atom is -0.342 e. The number of nitrogens with zero attached hydrogens (tertiary/aromatic N) is 3. The van der Waals surface area contributed by atoms with Crippen LogP contribution in [0.5, 0.6) is 0 Å². The first-order valence-corrected chi connectivity index (χ1v) is 10.1. The standard InChI is InChI=1S/C21H19ClN6O2.2ClH/c22-17-5-3-13(19-24-11-30-28-19)9-15(17)12-4-6-18-16(8-12)20(27-26-18)25-21(29)14-2-1-7-23-10-14;;/h3-6,8-9,11,14,23H,1-2,7,10H2,(H2,25,26,27,29);2*1H/t14-;;/m1../s1. The summed E-state index contributed by atoms with van der Waals surface area (Å²) in [7, 11) is 0. The summed E-state index contributed by atoms with van der Waals surface area (Å²) in [6.45, 7) is 1.65. The van der Waals surface area contributed by atoms with E-state index in [2.05, 4.69) is 31.0 Å². The number of benzene rings is 2. The first-order valence-electron chi connectivity index (χ1n) is 9.75. The number of anilines is 1. The lowest BCUT2D eigenvalue weighted by Gasteiger charge is -2.21.